The Labute approximate surface area is 144 Å². The van der Waals surface area contributed by atoms with E-state index in [1.54, 1.807) is 11.8 Å². The Morgan fingerprint density at radius 3 is 3.00 bits per heavy atom. The predicted octanol–water partition coefficient (Wildman–Crippen LogP) is 3.17. The number of hydrogen-bond donors (Lipinski definition) is 0. The van der Waals surface area contributed by atoms with Gasteiger partial charge in [-0.1, -0.05) is 0 Å². The van der Waals surface area contributed by atoms with Crippen molar-refractivity contribution in [3.63, 3.8) is 0 Å². The van der Waals surface area contributed by atoms with Gasteiger partial charge in [-0.3, -0.25) is 9.20 Å². The van der Waals surface area contributed by atoms with E-state index < -0.39 is 0 Å². The van der Waals surface area contributed by atoms with E-state index in [2.05, 4.69) is 9.97 Å². The third kappa shape index (κ3) is 2.49. The highest BCUT2D eigenvalue weighted by Crippen LogP contribution is 2.32. The average molecular weight is 341 g/mol. The van der Waals surface area contributed by atoms with Gasteiger partial charge in [0.2, 0.25) is 0 Å². The van der Waals surface area contributed by atoms with Crippen LogP contribution in [0.5, 0.6) is 0 Å². The van der Waals surface area contributed by atoms with E-state index in [-0.39, 0.29) is 11.9 Å². The topological polar surface area (TPSA) is 63.4 Å². The van der Waals surface area contributed by atoms with Gasteiger partial charge in [0.05, 0.1) is 29.0 Å². The molecule has 1 aliphatic heterocycles. The molecule has 0 radical (unpaired) electrons. The van der Waals surface area contributed by atoms with Crippen molar-refractivity contribution in [3.8, 4) is 0 Å². The molecule has 1 fully saturated rings. The number of carbonyl (C=O) groups is 1. The molecule has 6 nitrogen and oxygen atoms in total. The van der Waals surface area contributed by atoms with Crippen LogP contribution in [0.4, 0.5) is 0 Å². The Kier molecular flexibility index (Phi) is 3.80. The number of rotatable bonds is 2. The molecule has 4 heterocycles. The molecule has 3 aromatic rings. The summed E-state index contributed by atoms with van der Waals surface area (Å²) < 4.78 is 2.00. The lowest BCUT2D eigenvalue weighted by Crippen LogP contribution is -2.39. The van der Waals surface area contributed by atoms with Crippen molar-refractivity contribution in [2.75, 3.05) is 6.54 Å². The van der Waals surface area contributed by atoms with Crippen LogP contribution in [0.2, 0.25) is 0 Å². The smallest absolute Gasteiger partial charge is 0.266 e. The molecule has 1 atom stereocenters. The van der Waals surface area contributed by atoms with Crippen LogP contribution in [0, 0.1) is 13.8 Å². The minimum atomic E-state index is -0.0238. The number of amides is 1. The normalized spacial score (nSPS) is 18.2. The van der Waals surface area contributed by atoms with Gasteiger partial charge in [-0.15, -0.1) is 11.3 Å². The molecule has 0 bridgehead atoms. The van der Waals surface area contributed by atoms with E-state index in [1.807, 2.05) is 35.4 Å². The van der Waals surface area contributed by atoms with Gasteiger partial charge in [0.15, 0.2) is 0 Å². The second-order valence-electron chi connectivity index (χ2n) is 6.22. The number of likely N-dealkylation sites (tertiary alicyclic amines) is 1. The van der Waals surface area contributed by atoms with E-state index in [1.165, 1.54) is 11.3 Å². The highest BCUT2D eigenvalue weighted by Gasteiger charge is 2.32. The summed E-state index contributed by atoms with van der Waals surface area (Å²) in [4.78, 5) is 29.0. The summed E-state index contributed by atoms with van der Waals surface area (Å²) >= 11 is 1.42. The molecule has 4 rings (SSSR count). The average Bonchev–Trinajstić information content (AvgIpc) is 3.22. The minimum absolute atomic E-state index is 0.0238. The molecular weight excluding hydrogens is 322 g/mol. The van der Waals surface area contributed by atoms with Crippen molar-refractivity contribution in [1.82, 2.24) is 24.3 Å². The third-order valence-electron chi connectivity index (χ3n) is 4.56. The van der Waals surface area contributed by atoms with Crippen molar-refractivity contribution >= 4 is 22.8 Å². The fourth-order valence-electron chi connectivity index (χ4n) is 3.40. The van der Waals surface area contributed by atoms with Gasteiger partial charge in [0, 0.05) is 12.2 Å². The van der Waals surface area contributed by atoms with Crippen molar-refractivity contribution in [3.05, 3.63) is 46.2 Å². The number of piperidine rings is 1. The molecule has 0 unspecified atom stereocenters. The summed E-state index contributed by atoms with van der Waals surface area (Å²) in [5, 5.41) is 0. The number of carbonyl (C=O) groups excluding carboxylic acids is 1. The van der Waals surface area contributed by atoms with E-state index in [0.717, 1.165) is 53.4 Å². The Hall–Kier alpha value is -2.28. The van der Waals surface area contributed by atoms with Crippen LogP contribution in [0.15, 0.2) is 24.1 Å². The molecule has 1 saturated heterocycles. The first-order valence-electron chi connectivity index (χ1n) is 8.16. The van der Waals surface area contributed by atoms with Crippen LogP contribution >= 0.6 is 11.3 Å². The van der Waals surface area contributed by atoms with Gasteiger partial charge in [0.25, 0.3) is 5.91 Å². The summed E-state index contributed by atoms with van der Waals surface area (Å²) in [6.45, 7) is 4.63. The summed E-state index contributed by atoms with van der Waals surface area (Å²) in [5.74, 6) is 0.967. The summed E-state index contributed by atoms with van der Waals surface area (Å²) in [5.41, 5.74) is 4.51. The third-order valence-corrected chi connectivity index (χ3v) is 5.48. The minimum Gasteiger partial charge on any atom is -0.328 e. The van der Waals surface area contributed by atoms with Crippen LogP contribution in [0.1, 0.15) is 52.2 Å². The highest BCUT2D eigenvalue weighted by molar-refractivity contribution is 7.11. The van der Waals surface area contributed by atoms with Crippen LogP contribution in [0.25, 0.3) is 5.52 Å². The van der Waals surface area contributed by atoms with E-state index in [4.69, 9.17) is 4.98 Å². The van der Waals surface area contributed by atoms with Crippen LogP contribution in [-0.2, 0) is 0 Å². The Morgan fingerprint density at radius 2 is 2.21 bits per heavy atom. The highest BCUT2D eigenvalue weighted by atomic mass is 32.1. The number of fused-ring (bicyclic) bond motifs is 1. The first kappa shape index (κ1) is 15.3. The zero-order valence-electron chi connectivity index (χ0n) is 13.8. The van der Waals surface area contributed by atoms with Crippen molar-refractivity contribution in [2.45, 2.75) is 39.2 Å². The fourth-order valence-corrected chi connectivity index (χ4v) is 4.16. The Morgan fingerprint density at radius 1 is 1.33 bits per heavy atom. The molecule has 24 heavy (non-hydrogen) atoms. The summed E-state index contributed by atoms with van der Waals surface area (Å²) in [6.07, 6.45) is 6.67. The second kappa shape index (κ2) is 5.98. The maximum absolute atomic E-state index is 13.1. The van der Waals surface area contributed by atoms with Gasteiger partial charge >= 0.3 is 0 Å². The molecule has 0 aliphatic carbocycles. The van der Waals surface area contributed by atoms with E-state index in [0.29, 0.717) is 0 Å². The lowest BCUT2D eigenvalue weighted by atomic mass is 10.0. The predicted molar refractivity (Wildman–Crippen MR) is 92.2 cm³/mol. The monoisotopic (exact) mass is 341 g/mol. The largest absolute Gasteiger partial charge is 0.328 e. The van der Waals surface area contributed by atoms with E-state index >= 15 is 0 Å². The molecule has 0 saturated carbocycles. The molecule has 1 aliphatic rings. The van der Waals surface area contributed by atoms with Crippen LogP contribution < -0.4 is 0 Å². The molecule has 0 aromatic carbocycles. The quantitative estimate of drug-likeness (QED) is 0.718. The number of nitrogens with zero attached hydrogens (tertiary/aromatic N) is 5. The number of aryl methyl sites for hydroxylation is 2. The zero-order valence-corrected chi connectivity index (χ0v) is 14.6. The summed E-state index contributed by atoms with van der Waals surface area (Å²) in [7, 11) is 0. The summed E-state index contributed by atoms with van der Waals surface area (Å²) in [6, 6.07) is 1.99. The molecular formula is C17H19N5OS. The maximum Gasteiger partial charge on any atom is 0.266 e. The first-order chi connectivity index (χ1) is 11.6. The molecule has 0 spiro atoms. The van der Waals surface area contributed by atoms with Crippen LogP contribution in [-0.4, -0.2) is 36.7 Å². The van der Waals surface area contributed by atoms with Crippen molar-refractivity contribution in [1.29, 1.82) is 0 Å². The SMILES string of the molecule is Cc1cc2cncn2c([C@H]2CCCCN2C(=O)c2scnc2C)n1. The van der Waals surface area contributed by atoms with Gasteiger partial charge in [-0.05, 0) is 39.2 Å². The van der Waals surface area contributed by atoms with Crippen LogP contribution in [0.3, 0.4) is 0 Å². The van der Waals surface area contributed by atoms with Gasteiger partial charge in [-0.2, -0.15) is 0 Å². The van der Waals surface area contributed by atoms with Gasteiger partial charge in [0.1, 0.15) is 17.0 Å². The number of aromatic nitrogens is 4. The van der Waals surface area contributed by atoms with Gasteiger partial charge in [-0.25, -0.2) is 15.0 Å². The number of hydrogen-bond acceptors (Lipinski definition) is 5. The number of imidazole rings is 1. The van der Waals surface area contributed by atoms with Gasteiger partial charge < -0.3 is 4.90 Å². The standard InChI is InChI=1S/C17H19N5OS/c1-11-7-13-8-18-9-22(13)16(20-11)14-5-3-4-6-21(14)17(23)15-12(2)19-10-24-15/h7-10,14H,3-6H2,1-2H3/t14-/m1/s1. The second-order valence-corrected chi connectivity index (χ2v) is 7.08. The molecule has 7 heteroatoms. The van der Waals surface area contributed by atoms with Crippen molar-refractivity contribution < 1.29 is 4.79 Å². The zero-order chi connectivity index (χ0) is 16.7. The molecule has 124 valence electrons. The maximum atomic E-state index is 13.1. The van der Waals surface area contributed by atoms with Crippen molar-refractivity contribution in [2.24, 2.45) is 0 Å². The molecule has 3 aromatic heterocycles. The molecule has 1 amide bonds. The first-order valence-corrected chi connectivity index (χ1v) is 9.04. The number of thiazole rings is 1. The fraction of sp³-hybridized carbons (Fsp3) is 0.412. The Bertz CT molecular complexity index is 899. The van der Waals surface area contributed by atoms with E-state index in [9.17, 15) is 4.79 Å². The Balaban J connectivity index is 1.78. The molecule has 0 N–H and O–H groups in total. The lowest BCUT2D eigenvalue weighted by molar-refractivity contribution is 0.0602. The lowest BCUT2D eigenvalue weighted by Gasteiger charge is -2.35.